The Morgan fingerprint density at radius 1 is 1.00 bits per heavy atom. The van der Waals surface area contributed by atoms with Crippen LogP contribution in [0.25, 0.3) is 0 Å². The van der Waals surface area contributed by atoms with Crippen molar-refractivity contribution < 1.29 is 19.0 Å². The largest absolute Gasteiger partial charge is 0.493 e. The van der Waals surface area contributed by atoms with E-state index in [0.717, 1.165) is 30.6 Å². The molecule has 1 N–H and O–H groups in total. The lowest BCUT2D eigenvalue weighted by Gasteiger charge is -2.22. The minimum absolute atomic E-state index is 0.128. The van der Waals surface area contributed by atoms with E-state index >= 15 is 0 Å². The first-order valence-corrected chi connectivity index (χ1v) is 10.4. The normalized spacial score (nSPS) is 15.0. The molecular formula is C24H31NO4. The molecule has 0 saturated heterocycles. The number of carbonyl (C=O) groups is 1. The van der Waals surface area contributed by atoms with Crippen LogP contribution in [0.4, 0.5) is 0 Å². The summed E-state index contributed by atoms with van der Waals surface area (Å²) in [4.78, 5) is 12.8. The lowest BCUT2D eigenvalue weighted by atomic mass is 9.92. The average molecular weight is 398 g/mol. The molecule has 0 radical (unpaired) electrons. The fourth-order valence-corrected chi connectivity index (χ4v) is 3.82. The van der Waals surface area contributed by atoms with Crippen molar-refractivity contribution >= 4 is 5.91 Å². The van der Waals surface area contributed by atoms with Gasteiger partial charge in [-0.05, 0) is 80.0 Å². The maximum atomic E-state index is 12.8. The molecule has 1 aliphatic carbocycles. The molecule has 0 aromatic heterocycles. The van der Waals surface area contributed by atoms with E-state index in [1.54, 1.807) is 21.1 Å². The number of hydrogen-bond acceptors (Lipinski definition) is 4. The first-order valence-electron chi connectivity index (χ1n) is 10.4. The van der Waals surface area contributed by atoms with Crippen LogP contribution in [0.3, 0.4) is 0 Å². The minimum Gasteiger partial charge on any atom is -0.493 e. The second-order valence-electron chi connectivity index (χ2n) is 7.48. The number of ether oxygens (including phenoxy) is 3. The molecule has 1 aliphatic rings. The zero-order valence-corrected chi connectivity index (χ0v) is 17.8. The molecule has 3 rings (SSSR count). The highest BCUT2D eigenvalue weighted by Crippen LogP contribution is 2.31. The summed E-state index contributed by atoms with van der Waals surface area (Å²) in [7, 11) is 3.21. The van der Waals surface area contributed by atoms with E-state index in [9.17, 15) is 4.79 Å². The molecule has 5 heteroatoms. The summed E-state index contributed by atoms with van der Waals surface area (Å²) in [6.45, 7) is 3.83. The Kier molecular flexibility index (Phi) is 7.02. The van der Waals surface area contributed by atoms with Crippen molar-refractivity contribution in [1.82, 2.24) is 5.32 Å². The van der Waals surface area contributed by atoms with Gasteiger partial charge in [0.05, 0.1) is 20.3 Å². The highest BCUT2D eigenvalue weighted by atomic mass is 16.5. The van der Waals surface area contributed by atoms with Crippen molar-refractivity contribution in [3.05, 3.63) is 53.1 Å². The predicted molar refractivity (Wildman–Crippen MR) is 114 cm³/mol. The van der Waals surface area contributed by atoms with Crippen LogP contribution in [0, 0.1) is 0 Å². The first-order chi connectivity index (χ1) is 14.0. The summed E-state index contributed by atoms with van der Waals surface area (Å²) in [5, 5.41) is 3.09. The fraction of sp³-hybridized carbons (Fsp3) is 0.458. The van der Waals surface area contributed by atoms with Crippen LogP contribution >= 0.6 is 0 Å². The maximum Gasteiger partial charge on any atom is 0.261 e. The van der Waals surface area contributed by atoms with Gasteiger partial charge in [-0.3, -0.25) is 4.79 Å². The van der Waals surface area contributed by atoms with Gasteiger partial charge >= 0.3 is 0 Å². The third-order valence-corrected chi connectivity index (χ3v) is 5.54. The van der Waals surface area contributed by atoms with Crippen LogP contribution in [0.15, 0.2) is 36.4 Å². The van der Waals surface area contributed by atoms with Crippen LogP contribution in [-0.2, 0) is 17.6 Å². The van der Waals surface area contributed by atoms with E-state index in [1.807, 2.05) is 31.2 Å². The molecule has 1 amide bonds. The summed E-state index contributed by atoms with van der Waals surface area (Å²) in [6, 6.07) is 11.8. The lowest BCUT2D eigenvalue weighted by molar-refractivity contribution is -0.128. The van der Waals surface area contributed by atoms with Crippen LogP contribution < -0.4 is 19.5 Å². The monoisotopic (exact) mass is 397 g/mol. The van der Waals surface area contributed by atoms with Crippen LogP contribution in [0.5, 0.6) is 17.2 Å². The van der Waals surface area contributed by atoms with Crippen molar-refractivity contribution in [2.45, 2.75) is 58.1 Å². The summed E-state index contributed by atoms with van der Waals surface area (Å²) < 4.78 is 16.6. The maximum absolute atomic E-state index is 12.8. The van der Waals surface area contributed by atoms with E-state index in [2.05, 4.69) is 17.4 Å². The molecule has 0 fully saturated rings. The Bertz CT molecular complexity index is 849. The Hall–Kier alpha value is -2.69. The molecule has 2 atom stereocenters. The first kappa shape index (κ1) is 21.0. The van der Waals surface area contributed by atoms with Crippen molar-refractivity contribution in [3.8, 4) is 17.2 Å². The number of methoxy groups -OCH3 is 2. The standard InChI is InChI=1S/C24H31NO4/c1-5-21(19-11-13-22(27-3)23(15-19)28-4)25-24(26)16(2)29-20-12-10-17-8-6-7-9-18(17)14-20/h10-16,21H,5-9H2,1-4H3,(H,25,26). The smallest absolute Gasteiger partial charge is 0.261 e. The molecule has 0 saturated carbocycles. The average Bonchev–Trinajstić information content (AvgIpc) is 2.76. The van der Waals surface area contributed by atoms with Gasteiger partial charge in [0.1, 0.15) is 5.75 Å². The molecule has 156 valence electrons. The van der Waals surface area contributed by atoms with Crippen LogP contribution in [0.1, 0.15) is 55.8 Å². The fourth-order valence-electron chi connectivity index (χ4n) is 3.82. The zero-order chi connectivity index (χ0) is 20.8. The molecule has 0 aliphatic heterocycles. The van der Waals surface area contributed by atoms with E-state index < -0.39 is 6.10 Å². The SMILES string of the molecule is CCC(NC(=O)C(C)Oc1ccc2c(c1)CCCC2)c1ccc(OC)c(OC)c1. The van der Waals surface area contributed by atoms with Crippen molar-refractivity contribution in [2.24, 2.45) is 0 Å². The summed E-state index contributed by atoms with van der Waals surface area (Å²) >= 11 is 0. The Morgan fingerprint density at radius 3 is 2.41 bits per heavy atom. The van der Waals surface area contributed by atoms with E-state index in [4.69, 9.17) is 14.2 Å². The molecule has 2 aromatic rings. The molecule has 0 spiro atoms. The van der Waals surface area contributed by atoms with Gasteiger partial charge in [0.15, 0.2) is 17.6 Å². The third-order valence-electron chi connectivity index (χ3n) is 5.54. The second kappa shape index (κ2) is 9.68. The lowest BCUT2D eigenvalue weighted by Crippen LogP contribution is -2.38. The van der Waals surface area contributed by atoms with Crippen LogP contribution in [-0.4, -0.2) is 26.2 Å². The van der Waals surface area contributed by atoms with Crippen molar-refractivity contribution in [3.63, 3.8) is 0 Å². The number of carbonyl (C=O) groups excluding carboxylic acids is 1. The van der Waals surface area contributed by atoms with E-state index in [0.29, 0.717) is 11.5 Å². The molecule has 2 unspecified atom stereocenters. The molecular weight excluding hydrogens is 366 g/mol. The number of hydrogen-bond donors (Lipinski definition) is 1. The van der Waals surface area contributed by atoms with Gasteiger partial charge in [0.2, 0.25) is 0 Å². The number of rotatable bonds is 8. The Labute approximate surface area is 173 Å². The summed E-state index contributed by atoms with van der Waals surface area (Å²) in [5.74, 6) is 1.94. The second-order valence-corrected chi connectivity index (χ2v) is 7.48. The molecule has 0 bridgehead atoms. The van der Waals surface area contributed by atoms with Gasteiger partial charge in [0.25, 0.3) is 5.91 Å². The topological polar surface area (TPSA) is 56.8 Å². The summed E-state index contributed by atoms with van der Waals surface area (Å²) in [5.41, 5.74) is 3.72. The zero-order valence-electron chi connectivity index (χ0n) is 17.8. The van der Waals surface area contributed by atoms with Gasteiger partial charge in [-0.25, -0.2) is 0 Å². The van der Waals surface area contributed by atoms with Crippen molar-refractivity contribution in [1.29, 1.82) is 0 Å². The van der Waals surface area contributed by atoms with Crippen molar-refractivity contribution in [2.75, 3.05) is 14.2 Å². The molecule has 5 nitrogen and oxygen atoms in total. The number of nitrogens with one attached hydrogen (secondary N) is 1. The van der Waals surface area contributed by atoms with Gasteiger partial charge in [-0.2, -0.15) is 0 Å². The molecule has 2 aromatic carbocycles. The predicted octanol–water partition coefficient (Wildman–Crippen LogP) is 4.62. The molecule has 0 heterocycles. The van der Waals surface area contributed by atoms with Crippen LogP contribution in [0.2, 0.25) is 0 Å². The number of aryl methyl sites for hydroxylation is 2. The summed E-state index contributed by atoms with van der Waals surface area (Å²) in [6.07, 6.45) is 4.87. The van der Waals surface area contributed by atoms with Gasteiger partial charge in [0, 0.05) is 0 Å². The minimum atomic E-state index is -0.578. The number of benzene rings is 2. The third kappa shape index (κ3) is 5.03. The van der Waals surface area contributed by atoms with Gasteiger partial charge < -0.3 is 19.5 Å². The molecule has 29 heavy (non-hydrogen) atoms. The quantitative estimate of drug-likeness (QED) is 0.706. The number of fused-ring (bicyclic) bond motifs is 1. The Morgan fingerprint density at radius 2 is 1.72 bits per heavy atom. The number of amides is 1. The van der Waals surface area contributed by atoms with Gasteiger partial charge in [-0.15, -0.1) is 0 Å². The van der Waals surface area contributed by atoms with E-state index in [1.165, 1.54) is 24.0 Å². The Balaban J connectivity index is 1.66. The highest BCUT2D eigenvalue weighted by molar-refractivity contribution is 5.81. The van der Waals surface area contributed by atoms with Gasteiger partial charge in [-0.1, -0.05) is 19.1 Å². The highest BCUT2D eigenvalue weighted by Gasteiger charge is 2.21. The van der Waals surface area contributed by atoms with E-state index in [-0.39, 0.29) is 11.9 Å².